The fourth-order valence-corrected chi connectivity index (χ4v) is 1.36. The molecular weight excluding hydrogens is 202 g/mol. The highest BCUT2D eigenvalue weighted by molar-refractivity contribution is 6.63. The van der Waals surface area contributed by atoms with E-state index in [4.69, 9.17) is 22.1 Å². The monoisotopic (exact) mass is 213 g/mol. The van der Waals surface area contributed by atoms with Gasteiger partial charge in [0.25, 0.3) is 0 Å². The van der Waals surface area contributed by atoms with Gasteiger partial charge >= 0.3 is 0 Å². The Labute approximate surface area is 87.8 Å². The van der Waals surface area contributed by atoms with Crippen LogP contribution in [0.4, 0.5) is 5.69 Å². The van der Waals surface area contributed by atoms with Gasteiger partial charge in [0.1, 0.15) is 5.75 Å². The minimum Gasteiger partial charge on any atom is -0.497 e. The highest BCUT2D eigenvalue weighted by Crippen LogP contribution is 2.24. The van der Waals surface area contributed by atoms with Gasteiger partial charge in [0, 0.05) is 18.2 Å². The second-order valence-corrected chi connectivity index (χ2v) is 3.45. The molecule has 0 heterocycles. The molecule has 0 amide bonds. The summed E-state index contributed by atoms with van der Waals surface area (Å²) in [6, 6.07) is 3.49. The predicted molar refractivity (Wildman–Crippen MR) is 56.7 cm³/mol. The minimum absolute atomic E-state index is 0.175. The molecule has 0 radical (unpaired) electrons. The van der Waals surface area contributed by atoms with Crippen LogP contribution in [-0.4, -0.2) is 12.4 Å². The molecule has 0 fully saturated rings. The van der Waals surface area contributed by atoms with Gasteiger partial charge in [0.15, 0.2) is 0 Å². The van der Waals surface area contributed by atoms with E-state index in [1.165, 1.54) is 0 Å². The van der Waals surface area contributed by atoms with Crippen molar-refractivity contribution in [2.45, 2.75) is 13.3 Å². The van der Waals surface area contributed by atoms with Crippen molar-refractivity contribution in [1.29, 1.82) is 0 Å². The largest absolute Gasteiger partial charge is 0.497 e. The first-order valence-electron chi connectivity index (χ1n) is 4.16. The molecule has 0 bridgehead atoms. The van der Waals surface area contributed by atoms with Crippen molar-refractivity contribution < 1.29 is 9.53 Å². The Hall–Kier alpha value is -1.22. The van der Waals surface area contributed by atoms with E-state index in [2.05, 4.69) is 0 Å². The maximum atomic E-state index is 10.8. The summed E-state index contributed by atoms with van der Waals surface area (Å²) in [5, 5.41) is -0.402. The number of anilines is 1. The van der Waals surface area contributed by atoms with E-state index in [9.17, 15) is 4.79 Å². The van der Waals surface area contributed by atoms with E-state index >= 15 is 0 Å². The van der Waals surface area contributed by atoms with E-state index in [-0.39, 0.29) is 6.42 Å². The summed E-state index contributed by atoms with van der Waals surface area (Å²) in [4.78, 5) is 10.8. The molecule has 2 N–H and O–H groups in total. The number of hydrogen-bond acceptors (Lipinski definition) is 3. The number of halogens is 1. The maximum Gasteiger partial charge on any atom is 0.226 e. The van der Waals surface area contributed by atoms with E-state index in [0.29, 0.717) is 11.4 Å². The van der Waals surface area contributed by atoms with Crippen molar-refractivity contribution in [1.82, 2.24) is 0 Å². The van der Waals surface area contributed by atoms with Crippen molar-refractivity contribution >= 4 is 22.5 Å². The summed E-state index contributed by atoms with van der Waals surface area (Å²) >= 11 is 5.31. The first-order valence-corrected chi connectivity index (χ1v) is 4.53. The molecule has 0 aliphatic carbocycles. The van der Waals surface area contributed by atoms with Crippen molar-refractivity contribution in [2.24, 2.45) is 0 Å². The zero-order valence-corrected chi connectivity index (χ0v) is 8.89. The number of nitrogens with two attached hydrogens (primary N) is 1. The van der Waals surface area contributed by atoms with Gasteiger partial charge in [-0.1, -0.05) is 0 Å². The SMILES string of the molecule is COc1cc(N)c(C)c(CC(=O)Cl)c1. The van der Waals surface area contributed by atoms with Crippen LogP contribution in [0.3, 0.4) is 0 Å². The first-order chi connectivity index (χ1) is 6.54. The molecule has 1 aromatic carbocycles. The van der Waals surface area contributed by atoms with E-state index in [1.54, 1.807) is 19.2 Å². The van der Waals surface area contributed by atoms with Crippen LogP contribution in [0.15, 0.2) is 12.1 Å². The lowest BCUT2D eigenvalue weighted by molar-refractivity contribution is -0.111. The third-order valence-corrected chi connectivity index (χ3v) is 2.23. The molecule has 0 aliphatic heterocycles. The molecule has 14 heavy (non-hydrogen) atoms. The van der Waals surface area contributed by atoms with Crippen LogP contribution in [0.5, 0.6) is 5.75 Å². The fourth-order valence-electron chi connectivity index (χ4n) is 1.22. The Kier molecular flexibility index (Phi) is 3.36. The van der Waals surface area contributed by atoms with Gasteiger partial charge in [-0.15, -0.1) is 0 Å². The van der Waals surface area contributed by atoms with Crippen LogP contribution in [0.2, 0.25) is 0 Å². The van der Waals surface area contributed by atoms with Crippen LogP contribution in [-0.2, 0) is 11.2 Å². The molecule has 0 aliphatic rings. The number of rotatable bonds is 3. The van der Waals surface area contributed by atoms with E-state index in [0.717, 1.165) is 11.1 Å². The number of methoxy groups -OCH3 is 1. The summed E-state index contributed by atoms with van der Waals surface area (Å²) in [6.07, 6.45) is 0.175. The third kappa shape index (κ3) is 2.39. The predicted octanol–water partition coefficient (Wildman–Crippen LogP) is 1.89. The minimum atomic E-state index is -0.402. The molecule has 0 unspecified atom stereocenters. The number of benzene rings is 1. The van der Waals surface area contributed by atoms with Crippen LogP contribution in [0.25, 0.3) is 0 Å². The molecule has 76 valence electrons. The average molecular weight is 214 g/mol. The summed E-state index contributed by atoms with van der Waals surface area (Å²) in [7, 11) is 1.55. The number of carbonyl (C=O) groups is 1. The van der Waals surface area contributed by atoms with Crippen molar-refractivity contribution in [3.8, 4) is 5.75 Å². The maximum absolute atomic E-state index is 10.8. The molecule has 0 saturated carbocycles. The Balaban J connectivity index is 3.13. The van der Waals surface area contributed by atoms with Crippen LogP contribution >= 0.6 is 11.6 Å². The summed E-state index contributed by atoms with van der Waals surface area (Å²) in [5.74, 6) is 0.640. The zero-order chi connectivity index (χ0) is 10.7. The Morgan fingerprint density at radius 3 is 2.71 bits per heavy atom. The molecule has 0 saturated heterocycles. The van der Waals surface area contributed by atoms with Gasteiger partial charge in [0.05, 0.1) is 7.11 Å². The number of nitrogen functional groups attached to an aromatic ring is 1. The third-order valence-electron chi connectivity index (χ3n) is 2.09. The second kappa shape index (κ2) is 4.33. The van der Waals surface area contributed by atoms with Gasteiger partial charge in [0.2, 0.25) is 5.24 Å². The number of carbonyl (C=O) groups excluding carboxylic acids is 1. The van der Waals surface area contributed by atoms with Crippen LogP contribution in [0, 0.1) is 6.92 Å². The average Bonchev–Trinajstić information content (AvgIpc) is 2.11. The van der Waals surface area contributed by atoms with Crippen molar-refractivity contribution in [3.05, 3.63) is 23.3 Å². The van der Waals surface area contributed by atoms with E-state index < -0.39 is 5.24 Å². The second-order valence-electron chi connectivity index (χ2n) is 3.03. The van der Waals surface area contributed by atoms with Crippen molar-refractivity contribution in [2.75, 3.05) is 12.8 Å². The highest BCUT2D eigenvalue weighted by Gasteiger charge is 2.08. The lowest BCUT2D eigenvalue weighted by Gasteiger charge is -2.09. The Morgan fingerprint density at radius 2 is 2.21 bits per heavy atom. The van der Waals surface area contributed by atoms with E-state index in [1.807, 2.05) is 6.92 Å². The normalized spacial score (nSPS) is 9.93. The van der Waals surface area contributed by atoms with Gasteiger partial charge in [-0.3, -0.25) is 4.79 Å². The lowest BCUT2D eigenvalue weighted by Crippen LogP contribution is -2.01. The number of ether oxygens (including phenoxy) is 1. The van der Waals surface area contributed by atoms with Gasteiger partial charge in [-0.2, -0.15) is 0 Å². The molecule has 0 spiro atoms. The highest BCUT2D eigenvalue weighted by atomic mass is 35.5. The topological polar surface area (TPSA) is 52.3 Å². The zero-order valence-electron chi connectivity index (χ0n) is 8.13. The van der Waals surface area contributed by atoms with Crippen LogP contribution < -0.4 is 10.5 Å². The summed E-state index contributed by atoms with van der Waals surface area (Å²) in [5.41, 5.74) is 8.03. The van der Waals surface area contributed by atoms with Gasteiger partial charge in [-0.25, -0.2) is 0 Å². The Morgan fingerprint density at radius 1 is 1.57 bits per heavy atom. The molecule has 0 aromatic heterocycles. The lowest BCUT2D eigenvalue weighted by atomic mass is 10.0. The molecule has 1 rings (SSSR count). The molecule has 4 heteroatoms. The van der Waals surface area contributed by atoms with Gasteiger partial charge in [-0.05, 0) is 35.7 Å². The van der Waals surface area contributed by atoms with Gasteiger partial charge < -0.3 is 10.5 Å². The smallest absolute Gasteiger partial charge is 0.226 e. The summed E-state index contributed by atoms with van der Waals surface area (Å²) in [6.45, 7) is 1.85. The quantitative estimate of drug-likeness (QED) is 0.616. The molecule has 0 atom stereocenters. The Bertz CT molecular complexity index is 363. The fraction of sp³-hybridized carbons (Fsp3) is 0.300. The first kappa shape index (κ1) is 10.9. The molecule has 3 nitrogen and oxygen atoms in total. The summed E-state index contributed by atoms with van der Waals surface area (Å²) < 4.78 is 5.04. The number of hydrogen-bond donors (Lipinski definition) is 1. The molecule has 1 aromatic rings. The van der Waals surface area contributed by atoms with Crippen LogP contribution in [0.1, 0.15) is 11.1 Å². The molecular formula is C10H12ClNO2. The standard InChI is InChI=1S/C10H12ClNO2/c1-6-7(4-10(11)13)3-8(14-2)5-9(6)12/h3,5H,4,12H2,1-2H3. The van der Waals surface area contributed by atoms with Crippen molar-refractivity contribution in [3.63, 3.8) is 0 Å².